The number of benzene rings is 2. The third-order valence-electron chi connectivity index (χ3n) is 4.49. The van der Waals surface area contributed by atoms with E-state index in [-0.39, 0.29) is 17.9 Å². The average Bonchev–Trinajstić information content (AvgIpc) is 3.09. The molecular formula is C20H18F2N2O. The van der Waals surface area contributed by atoms with Crippen LogP contribution in [-0.4, -0.2) is 16.2 Å². The number of nitrogens with zero attached hydrogens (tertiary/aromatic N) is 2. The third-order valence-corrected chi connectivity index (χ3v) is 4.49. The number of ether oxygens (including phenoxy) is 1. The summed E-state index contributed by atoms with van der Waals surface area (Å²) in [6.07, 6.45) is 4.73. The third kappa shape index (κ3) is 3.20. The highest BCUT2D eigenvalue weighted by Gasteiger charge is 2.23. The van der Waals surface area contributed by atoms with E-state index in [9.17, 15) is 8.78 Å². The fourth-order valence-electron chi connectivity index (χ4n) is 3.24. The Balaban J connectivity index is 1.84. The molecule has 3 nitrogen and oxygen atoms in total. The molecule has 0 bridgehead atoms. The Morgan fingerprint density at radius 1 is 0.880 bits per heavy atom. The summed E-state index contributed by atoms with van der Waals surface area (Å²) in [5, 5.41) is 0. The summed E-state index contributed by atoms with van der Waals surface area (Å²) in [4.78, 5) is 4.56. The minimum absolute atomic E-state index is 0.0875. The lowest BCUT2D eigenvalue weighted by atomic mass is 10.0. The van der Waals surface area contributed by atoms with Crippen LogP contribution in [0, 0.1) is 11.6 Å². The maximum Gasteiger partial charge on any atom is 0.135 e. The summed E-state index contributed by atoms with van der Waals surface area (Å²) < 4.78 is 34.6. The van der Waals surface area contributed by atoms with Gasteiger partial charge in [0.05, 0.1) is 17.7 Å². The van der Waals surface area contributed by atoms with Crippen LogP contribution >= 0.6 is 0 Å². The summed E-state index contributed by atoms with van der Waals surface area (Å²) in [7, 11) is 0. The Hall–Kier alpha value is -2.53. The van der Waals surface area contributed by atoms with E-state index in [2.05, 4.69) is 4.98 Å². The van der Waals surface area contributed by atoms with Crippen LogP contribution in [0.3, 0.4) is 0 Å². The van der Waals surface area contributed by atoms with Crippen molar-refractivity contribution in [2.24, 2.45) is 0 Å². The average molecular weight is 340 g/mol. The lowest BCUT2D eigenvalue weighted by Crippen LogP contribution is -2.18. The zero-order valence-electron chi connectivity index (χ0n) is 13.7. The zero-order chi connectivity index (χ0) is 17.2. The molecule has 0 aliphatic carbocycles. The molecule has 1 atom stereocenters. The molecule has 2 aromatic carbocycles. The number of aromatic nitrogens is 2. The van der Waals surface area contributed by atoms with Gasteiger partial charge in [-0.15, -0.1) is 0 Å². The van der Waals surface area contributed by atoms with Crippen molar-refractivity contribution < 1.29 is 13.5 Å². The second kappa shape index (κ2) is 6.76. The van der Waals surface area contributed by atoms with Gasteiger partial charge in [0.1, 0.15) is 17.9 Å². The van der Waals surface area contributed by atoms with Crippen LogP contribution in [0.15, 0.2) is 54.9 Å². The Morgan fingerprint density at radius 3 is 2.12 bits per heavy atom. The molecule has 0 amide bonds. The molecule has 1 aromatic heterocycles. The van der Waals surface area contributed by atoms with E-state index in [4.69, 9.17) is 4.74 Å². The number of halogens is 2. The molecule has 2 heterocycles. The van der Waals surface area contributed by atoms with Gasteiger partial charge >= 0.3 is 0 Å². The molecule has 3 aromatic rings. The molecular weight excluding hydrogens is 322 g/mol. The smallest absolute Gasteiger partial charge is 0.135 e. The van der Waals surface area contributed by atoms with E-state index in [0.29, 0.717) is 0 Å². The highest BCUT2D eigenvalue weighted by molar-refractivity contribution is 5.78. The predicted molar refractivity (Wildman–Crippen MR) is 91.9 cm³/mol. The second-order valence-electron chi connectivity index (χ2n) is 6.18. The van der Waals surface area contributed by atoms with Crippen LogP contribution in [0.1, 0.15) is 25.5 Å². The molecule has 1 saturated heterocycles. The zero-order valence-corrected chi connectivity index (χ0v) is 13.7. The Labute approximate surface area is 144 Å². The summed E-state index contributed by atoms with van der Waals surface area (Å²) in [6, 6.07) is 12.6. The van der Waals surface area contributed by atoms with Crippen molar-refractivity contribution in [2.75, 3.05) is 6.61 Å². The van der Waals surface area contributed by atoms with Gasteiger partial charge in [-0.2, -0.15) is 0 Å². The molecule has 25 heavy (non-hydrogen) atoms. The molecule has 1 fully saturated rings. The van der Waals surface area contributed by atoms with Crippen molar-refractivity contribution in [3.8, 4) is 22.5 Å². The van der Waals surface area contributed by atoms with E-state index in [1.807, 2.05) is 4.57 Å². The molecule has 128 valence electrons. The van der Waals surface area contributed by atoms with Crippen molar-refractivity contribution in [1.82, 2.24) is 9.55 Å². The van der Waals surface area contributed by atoms with E-state index in [1.165, 1.54) is 24.3 Å². The van der Waals surface area contributed by atoms with Gasteiger partial charge in [0.25, 0.3) is 0 Å². The first-order valence-electron chi connectivity index (χ1n) is 8.43. The van der Waals surface area contributed by atoms with Gasteiger partial charge in [0, 0.05) is 17.7 Å². The molecule has 0 radical (unpaired) electrons. The van der Waals surface area contributed by atoms with Gasteiger partial charge in [0.2, 0.25) is 0 Å². The summed E-state index contributed by atoms with van der Waals surface area (Å²) in [5.74, 6) is -0.575. The van der Waals surface area contributed by atoms with E-state index >= 15 is 0 Å². The monoisotopic (exact) mass is 340 g/mol. The topological polar surface area (TPSA) is 27.1 Å². The van der Waals surface area contributed by atoms with Crippen LogP contribution < -0.4 is 0 Å². The van der Waals surface area contributed by atoms with Crippen LogP contribution in [0.4, 0.5) is 8.78 Å². The number of rotatable bonds is 3. The molecule has 1 aliphatic rings. The van der Waals surface area contributed by atoms with Crippen molar-refractivity contribution in [3.63, 3.8) is 0 Å². The maximum absolute atomic E-state index is 13.4. The lowest BCUT2D eigenvalue weighted by Gasteiger charge is -2.25. The van der Waals surface area contributed by atoms with Crippen molar-refractivity contribution in [3.05, 3.63) is 66.5 Å². The normalized spacial score (nSPS) is 17.6. The van der Waals surface area contributed by atoms with Crippen LogP contribution in [0.2, 0.25) is 0 Å². The fourth-order valence-corrected chi connectivity index (χ4v) is 3.24. The van der Waals surface area contributed by atoms with Crippen molar-refractivity contribution in [1.29, 1.82) is 0 Å². The highest BCUT2D eigenvalue weighted by Crippen LogP contribution is 2.35. The molecule has 1 unspecified atom stereocenters. The van der Waals surface area contributed by atoms with Gasteiger partial charge in [-0.3, -0.25) is 0 Å². The van der Waals surface area contributed by atoms with Gasteiger partial charge in [-0.05, 0) is 67.8 Å². The Morgan fingerprint density at radius 2 is 1.52 bits per heavy atom. The first-order valence-corrected chi connectivity index (χ1v) is 8.43. The first-order chi connectivity index (χ1) is 12.2. The van der Waals surface area contributed by atoms with Crippen LogP contribution in [-0.2, 0) is 4.74 Å². The van der Waals surface area contributed by atoms with E-state index in [0.717, 1.165) is 48.4 Å². The number of hydrogen-bond donors (Lipinski definition) is 0. The second-order valence-corrected chi connectivity index (χ2v) is 6.18. The predicted octanol–water partition coefficient (Wildman–Crippen LogP) is 5.19. The van der Waals surface area contributed by atoms with Crippen molar-refractivity contribution >= 4 is 0 Å². The Kier molecular flexibility index (Phi) is 4.32. The van der Waals surface area contributed by atoms with Gasteiger partial charge in [-0.25, -0.2) is 13.8 Å². The standard InChI is InChI=1S/C20H18F2N2O/c21-16-8-4-14(5-9-16)19-20(15-6-10-17(22)11-7-15)24(13-23-19)18-3-1-2-12-25-18/h4-11,13,18H,1-3,12H2. The lowest BCUT2D eigenvalue weighted by molar-refractivity contribution is -0.0310. The number of hydrogen-bond acceptors (Lipinski definition) is 2. The summed E-state index contributed by atoms with van der Waals surface area (Å²) in [5.41, 5.74) is 3.27. The minimum Gasteiger partial charge on any atom is -0.358 e. The van der Waals surface area contributed by atoms with Crippen LogP contribution in [0.5, 0.6) is 0 Å². The van der Waals surface area contributed by atoms with Crippen molar-refractivity contribution in [2.45, 2.75) is 25.5 Å². The van der Waals surface area contributed by atoms with Gasteiger partial charge in [-0.1, -0.05) is 0 Å². The number of imidazole rings is 1. The maximum atomic E-state index is 13.4. The first kappa shape index (κ1) is 16.0. The van der Waals surface area contributed by atoms with Gasteiger partial charge in [0.15, 0.2) is 0 Å². The summed E-state index contributed by atoms with van der Waals surface area (Å²) in [6.45, 7) is 0.720. The SMILES string of the molecule is Fc1ccc(-c2ncn(C3CCCCO3)c2-c2ccc(F)cc2)cc1. The quantitative estimate of drug-likeness (QED) is 0.656. The summed E-state index contributed by atoms with van der Waals surface area (Å²) >= 11 is 0. The molecule has 0 N–H and O–H groups in total. The molecule has 4 rings (SSSR count). The molecule has 0 spiro atoms. The largest absolute Gasteiger partial charge is 0.358 e. The molecule has 0 saturated carbocycles. The molecule has 5 heteroatoms. The van der Waals surface area contributed by atoms with E-state index < -0.39 is 0 Å². The highest BCUT2D eigenvalue weighted by atomic mass is 19.1. The Bertz CT molecular complexity index is 850. The molecule has 1 aliphatic heterocycles. The van der Waals surface area contributed by atoms with Crippen LogP contribution in [0.25, 0.3) is 22.5 Å². The fraction of sp³-hybridized carbons (Fsp3) is 0.250. The minimum atomic E-state index is -0.290. The van der Waals surface area contributed by atoms with Gasteiger partial charge < -0.3 is 9.30 Å². The van der Waals surface area contributed by atoms with E-state index in [1.54, 1.807) is 30.6 Å².